The molecule has 0 aliphatic heterocycles. The summed E-state index contributed by atoms with van der Waals surface area (Å²) in [7, 11) is 1.57. The second-order valence-corrected chi connectivity index (χ2v) is 7.52. The summed E-state index contributed by atoms with van der Waals surface area (Å²) in [5, 5.41) is 5.44. The average molecular weight is 410 g/mol. The van der Waals surface area contributed by atoms with E-state index in [1.54, 1.807) is 37.4 Å². The third kappa shape index (κ3) is 4.09. The molecule has 9 heteroatoms. The number of nitrogens with zero attached hydrogens (tertiary/aromatic N) is 2. The van der Waals surface area contributed by atoms with Crippen LogP contribution >= 0.6 is 34.7 Å². The fourth-order valence-electron chi connectivity index (χ4n) is 2.31. The molecule has 0 spiro atoms. The van der Waals surface area contributed by atoms with Crippen molar-refractivity contribution < 1.29 is 9.53 Å². The monoisotopic (exact) mass is 409 g/mol. The van der Waals surface area contributed by atoms with Crippen LogP contribution in [0.5, 0.6) is 0 Å². The first-order valence-electron chi connectivity index (χ1n) is 7.75. The van der Waals surface area contributed by atoms with Crippen LogP contribution in [-0.4, -0.2) is 41.5 Å². The molecular weight excluding hydrogens is 394 g/mol. The van der Waals surface area contributed by atoms with Crippen LogP contribution in [-0.2, 0) is 9.53 Å². The van der Waals surface area contributed by atoms with Gasteiger partial charge < -0.3 is 10.1 Å². The van der Waals surface area contributed by atoms with Crippen LogP contribution in [0.3, 0.4) is 0 Å². The van der Waals surface area contributed by atoms with Gasteiger partial charge in [0.2, 0.25) is 5.91 Å². The Morgan fingerprint density at radius 1 is 1.38 bits per heavy atom. The van der Waals surface area contributed by atoms with Gasteiger partial charge in [-0.2, -0.15) is 0 Å². The number of amides is 1. The highest BCUT2D eigenvalue weighted by Crippen LogP contribution is 2.26. The summed E-state index contributed by atoms with van der Waals surface area (Å²) in [6, 6.07) is 8.87. The first-order chi connectivity index (χ1) is 12.6. The maximum atomic E-state index is 13.0. The molecule has 0 fully saturated rings. The quantitative estimate of drug-likeness (QED) is 0.369. The van der Waals surface area contributed by atoms with Crippen molar-refractivity contribution in [3.63, 3.8) is 0 Å². The largest absolute Gasteiger partial charge is 0.383 e. The van der Waals surface area contributed by atoms with Crippen molar-refractivity contribution in [1.29, 1.82) is 0 Å². The van der Waals surface area contributed by atoms with Crippen molar-refractivity contribution in [3.05, 3.63) is 51.1 Å². The number of ether oxygens (including phenoxy) is 1. The summed E-state index contributed by atoms with van der Waals surface area (Å²) in [5.74, 6) is -0.0200. The molecule has 136 valence electrons. The number of thiophene rings is 1. The van der Waals surface area contributed by atoms with Crippen molar-refractivity contribution in [2.24, 2.45) is 0 Å². The van der Waals surface area contributed by atoms with Crippen molar-refractivity contribution >= 4 is 50.8 Å². The molecule has 0 saturated carbocycles. The van der Waals surface area contributed by atoms with Crippen molar-refractivity contribution in [3.8, 4) is 5.69 Å². The van der Waals surface area contributed by atoms with Crippen molar-refractivity contribution in [1.82, 2.24) is 14.9 Å². The molecule has 0 atom stereocenters. The van der Waals surface area contributed by atoms with Gasteiger partial charge in [-0.1, -0.05) is 35.5 Å². The molecule has 1 amide bonds. The number of benzene rings is 1. The Balaban J connectivity index is 1.96. The summed E-state index contributed by atoms with van der Waals surface area (Å²) in [4.78, 5) is 29.5. The molecule has 6 nitrogen and oxygen atoms in total. The Kier molecular flexibility index (Phi) is 6.31. The van der Waals surface area contributed by atoms with Gasteiger partial charge in [-0.25, -0.2) is 4.98 Å². The van der Waals surface area contributed by atoms with Crippen LogP contribution in [0, 0.1) is 0 Å². The van der Waals surface area contributed by atoms with E-state index in [2.05, 4.69) is 10.3 Å². The molecule has 26 heavy (non-hydrogen) atoms. The molecule has 3 aromatic rings. The molecule has 2 aromatic heterocycles. The molecule has 2 heterocycles. The summed E-state index contributed by atoms with van der Waals surface area (Å²) in [6.45, 7) is 0.879. The second-order valence-electron chi connectivity index (χ2n) is 5.25. The Morgan fingerprint density at radius 3 is 2.96 bits per heavy atom. The van der Waals surface area contributed by atoms with Gasteiger partial charge in [-0.3, -0.25) is 14.2 Å². The van der Waals surface area contributed by atoms with E-state index >= 15 is 0 Å². The molecule has 0 radical (unpaired) electrons. The molecule has 0 saturated heterocycles. The minimum Gasteiger partial charge on any atom is -0.383 e. The van der Waals surface area contributed by atoms with Crippen LogP contribution < -0.4 is 10.9 Å². The fourth-order valence-corrected chi connectivity index (χ4v) is 4.12. The van der Waals surface area contributed by atoms with Gasteiger partial charge in [0.05, 0.1) is 28.6 Å². The summed E-state index contributed by atoms with van der Waals surface area (Å²) in [6.07, 6.45) is 0. The number of hydrogen-bond acceptors (Lipinski definition) is 6. The number of halogens is 1. The third-order valence-corrected chi connectivity index (χ3v) is 5.65. The molecule has 0 unspecified atom stereocenters. The fraction of sp³-hybridized carbons (Fsp3) is 0.235. The number of fused-ring (bicyclic) bond motifs is 1. The lowest BCUT2D eigenvalue weighted by molar-refractivity contribution is -0.118. The molecule has 1 aromatic carbocycles. The molecular formula is C17H16ClN3O3S2. The molecule has 0 bridgehead atoms. The van der Waals surface area contributed by atoms with Gasteiger partial charge in [0, 0.05) is 13.7 Å². The number of para-hydroxylation sites is 1. The predicted octanol–water partition coefficient (Wildman–Crippen LogP) is 2.96. The first-order valence-corrected chi connectivity index (χ1v) is 9.99. The van der Waals surface area contributed by atoms with Crippen molar-refractivity contribution in [2.75, 3.05) is 26.0 Å². The Bertz CT molecular complexity index is 987. The zero-order valence-corrected chi connectivity index (χ0v) is 16.3. The number of carbonyl (C=O) groups is 1. The standard InChI is InChI=1S/C17H16ClN3O3S2/c1-24-8-7-19-14(22)10-26-17-20-12-6-9-25-15(12)16(23)21(17)13-5-3-2-4-11(13)18/h2-6,9H,7-8,10H2,1H3,(H,19,22). The second kappa shape index (κ2) is 8.68. The van der Waals surface area contributed by atoms with Crippen LogP contribution in [0.4, 0.5) is 0 Å². The number of aromatic nitrogens is 2. The van der Waals surface area contributed by atoms with E-state index < -0.39 is 0 Å². The van der Waals surface area contributed by atoms with E-state index in [1.165, 1.54) is 27.7 Å². The first kappa shape index (κ1) is 18.9. The number of nitrogens with one attached hydrogen (secondary N) is 1. The molecule has 0 aliphatic carbocycles. The maximum absolute atomic E-state index is 13.0. The smallest absolute Gasteiger partial charge is 0.276 e. The highest BCUT2D eigenvalue weighted by Gasteiger charge is 2.17. The zero-order valence-electron chi connectivity index (χ0n) is 13.9. The Hall–Kier alpha value is -1.87. The molecule has 0 aliphatic rings. The van der Waals surface area contributed by atoms with Crippen LogP contribution in [0.1, 0.15) is 0 Å². The van der Waals surface area contributed by atoms with Crippen LogP contribution in [0.15, 0.2) is 45.7 Å². The zero-order chi connectivity index (χ0) is 18.5. The van der Waals surface area contributed by atoms with Gasteiger partial charge in [0.1, 0.15) is 4.70 Å². The lowest BCUT2D eigenvalue weighted by atomic mass is 10.3. The number of carbonyl (C=O) groups excluding carboxylic acids is 1. The number of methoxy groups -OCH3 is 1. The van der Waals surface area contributed by atoms with E-state index in [1.807, 2.05) is 5.38 Å². The van der Waals surface area contributed by atoms with Crippen LogP contribution in [0.2, 0.25) is 5.02 Å². The third-order valence-electron chi connectivity index (χ3n) is 3.50. The van der Waals surface area contributed by atoms with Gasteiger partial charge in [0.25, 0.3) is 5.56 Å². The number of hydrogen-bond donors (Lipinski definition) is 1. The van der Waals surface area contributed by atoms with Gasteiger partial charge in [-0.15, -0.1) is 11.3 Å². The summed E-state index contributed by atoms with van der Waals surface area (Å²) < 4.78 is 6.93. The number of rotatable bonds is 7. The lowest BCUT2D eigenvalue weighted by Gasteiger charge is -2.13. The van der Waals surface area contributed by atoms with E-state index in [4.69, 9.17) is 16.3 Å². The summed E-state index contributed by atoms with van der Waals surface area (Å²) in [5.41, 5.74) is 0.968. The normalized spacial score (nSPS) is 11.0. The highest BCUT2D eigenvalue weighted by atomic mass is 35.5. The Morgan fingerprint density at radius 2 is 2.19 bits per heavy atom. The van der Waals surface area contributed by atoms with E-state index in [0.29, 0.717) is 39.2 Å². The topological polar surface area (TPSA) is 73.2 Å². The van der Waals surface area contributed by atoms with Crippen LogP contribution in [0.25, 0.3) is 15.9 Å². The Labute approximate surface area is 163 Å². The average Bonchev–Trinajstić information content (AvgIpc) is 3.10. The number of thioether (sulfide) groups is 1. The van der Waals surface area contributed by atoms with Gasteiger partial charge in [-0.05, 0) is 23.6 Å². The molecule has 3 rings (SSSR count). The van der Waals surface area contributed by atoms with E-state index in [0.717, 1.165) is 0 Å². The van der Waals surface area contributed by atoms with Crippen molar-refractivity contribution in [2.45, 2.75) is 5.16 Å². The van der Waals surface area contributed by atoms with E-state index in [9.17, 15) is 9.59 Å². The van der Waals surface area contributed by atoms with E-state index in [-0.39, 0.29) is 17.2 Å². The minimum atomic E-state index is -0.194. The lowest BCUT2D eigenvalue weighted by Crippen LogP contribution is -2.29. The highest BCUT2D eigenvalue weighted by molar-refractivity contribution is 7.99. The summed E-state index contributed by atoms with van der Waals surface area (Å²) >= 11 is 8.82. The SMILES string of the molecule is COCCNC(=O)CSc1nc2ccsc2c(=O)n1-c1ccccc1Cl. The maximum Gasteiger partial charge on any atom is 0.276 e. The predicted molar refractivity (Wildman–Crippen MR) is 106 cm³/mol. The van der Waals surface area contributed by atoms with Gasteiger partial charge >= 0.3 is 0 Å². The minimum absolute atomic E-state index is 0.135. The van der Waals surface area contributed by atoms with Gasteiger partial charge in [0.15, 0.2) is 5.16 Å². The molecule has 1 N–H and O–H groups in total.